The van der Waals surface area contributed by atoms with Crippen LogP contribution in [-0.4, -0.2) is 9.86 Å². The fourth-order valence-electron chi connectivity index (χ4n) is 0.287. The number of thiol groups is 1. The number of nitrogens with zero attached hydrogens (tertiary/aromatic N) is 1. The maximum atomic E-state index is 4.64. The Morgan fingerprint density at radius 1 is 1.44 bits per heavy atom. The summed E-state index contributed by atoms with van der Waals surface area (Å²) in [5, 5.41) is 4.01. The van der Waals surface area contributed by atoms with Gasteiger partial charge in [0.15, 0.2) is 0 Å². The first kappa shape index (κ1) is 12.5. The van der Waals surface area contributed by atoms with Gasteiger partial charge in [0.25, 0.3) is 0 Å². The van der Waals surface area contributed by atoms with Crippen LogP contribution in [0.3, 0.4) is 0 Å². The third-order valence-corrected chi connectivity index (χ3v) is 0.622. The molecule has 0 aliphatic heterocycles. The van der Waals surface area contributed by atoms with E-state index in [1.807, 2.05) is 20.8 Å². The van der Waals surface area contributed by atoms with Gasteiger partial charge in [-0.05, 0) is 4.32 Å². The van der Waals surface area contributed by atoms with Crippen LogP contribution in [0.2, 0.25) is 0 Å². The molecule has 48 valence electrons. The standard InChI is InChI=1S/C5H11NS2.Li/c1-5(2,3)6-4(7)8;/h1-3H3,(H2,6,7,8);/q;+1/p-1. The second kappa shape index (κ2) is 4.62. The minimum atomic E-state index is -0.0706. The zero-order chi connectivity index (χ0) is 6.78. The predicted octanol–water partition coefficient (Wildman–Crippen LogP) is -0.623. The van der Waals surface area contributed by atoms with E-state index in [1.165, 1.54) is 0 Å². The molecule has 0 bridgehead atoms. The van der Waals surface area contributed by atoms with E-state index in [0.717, 1.165) is 0 Å². The van der Waals surface area contributed by atoms with E-state index < -0.39 is 0 Å². The van der Waals surface area contributed by atoms with E-state index >= 15 is 0 Å². The number of hydrogen-bond acceptors (Lipinski definition) is 1. The Morgan fingerprint density at radius 3 is 1.78 bits per heavy atom. The summed E-state index contributed by atoms with van der Waals surface area (Å²) in [6.07, 6.45) is 0. The van der Waals surface area contributed by atoms with Gasteiger partial charge in [0.2, 0.25) is 0 Å². The summed E-state index contributed by atoms with van der Waals surface area (Å²) in [6, 6.07) is 0. The van der Waals surface area contributed by atoms with E-state index in [4.69, 9.17) is 0 Å². The van der Waals surface area contributed by atoms with E-state index in [1.54, 1.807) is 0 Å². The summed E-state index contributed by atoms with van der Waals surface area (Å²) >= 11 is 8.50. The molecule has 0 spiro atoms. The average molecular weight is 155 g/mol. The number of rotatable bonds is 0. The molecule has 0 saturated heterocycles. The molecular formula is C5H10LiNS2. The van der Waals surface area contributed by atoms with Crippen LogP contribution in [0.1, 0.15) is 20.8 Å². The Balaban J connectivity index is 0. The molecule has 0 heterocycles. The van der Waals surface area contributed by atoms with Crippen LogP contribution < -0.4 is 18.9 Å². The minimum Gasteiger partial charge on any atom is -0.665 e. The summed E-state index contributed by atoms with van der Waals surface area (Å²) < 4.78 is 0.428. The third-order valence-electron chi connectivity index (χ3n) is 0.431. The Labute approximate surface area is 79.6 Å². The maximum Gasteiger partial charge on any atom is 1.00 e. The van der Waals surface area contributed by atoms with E-state index in [-0.39, 0.29) is 24.4 Å². The quantitative estimate of drug-likeness (QED) is 0.280. The average Bonchev–Trinajstić information content (AvgIpc) is 1.21. The predicted molar refractivity (Wildman–Crippen MR) is 44.7 cm³/mol. The topological polar surface area (TPSA) is 14.1 Å². The van der Waals surface area contributed by atoms with Crippen LogP contribution in [0, 0.1) is 0 Å². The summed E-state index contributed by atoms with van der Waals surface area (Å²) in [7, 11) is 0. The molecule has 0 amide bonds. The molecule has 0 unspecified atom stereocenters. The van der Waals surface area contributed by atoms with Crippen molar-refractivity contribution in [1.29, 1.82) is 0 Å². The number of thiocarbonyl (C=S) groups is 1. The van der Waals surface area contributed by atoms with Crippen molar-refractivity contribution >= 4 is 29.2 Å². The van der Waals surface area contributed by atoms with Gasteiger partial charge in [-0.3, -0.25) is 0 Å². The molecule has 0 fully saturated rings. The molecule has 4 heteroatoms. The fourth-order valence-corrected chi connectivity index (χ4v) is 0.861. The smallest absolute Gasteiger partial charge is 0.665 e. The molecule has 0 aromatic carbocycles. The maximum absolute atomic E-state index is 4.64. The molecule has 0 aliphatic carbocycles. The second-order valence-corrected chi connectivity index (χ2v) is 3.68. The van der Waals surface area contributed by atoms with E-state index in [0.29, 0.717) is 4.32 Å². The zero-order valence-electron chi connectivity index (χ0n) is 6.30. The van der Waals surface area contributed by atoms with Crippen LogP contribution in [0.25, 0.3) is 5.32 Å². The van der Waals surface area contributed by atoms with Gasteiger partial charge in [-0.2, -0.15) is 12.6 Å². The Bertz CT molecular complexity index is 97.6. The van der Waals surface area contributed by atoms with E-state index in [9.17, 15) is 0 Å². The van der Waals surface area contributed by atoms with Crippen LogP contribution in [-0.2, 0) is 0 Å². The first-order chi connectivity index (χ1) is 3.42. The molecule has 0 atom stereocenters. The SMILES string of the molecule is CC(C)(C)[N-]C(=S)S.[Li+]. The molecule has 0 saturated carbocycles. The summed E-state index contributed by atoms with van der Waals surface area (Å²) in [5.41, 5.74) is -0.0706. The molecule has 0 aliphatic rings. The van der Waals surface area contributed by atoms with Crippen molar-refractivity contribution in [3.8, 4) is 0 Å². The van der Waals surface area contributed by atoms with Crippen LogP contribution >= 0.6 is 24.8 Å². The molecule has 0 N–H and O–H groups in total. The van der Waals surface area contributed by atoms with Crippen molar-refractivity contribution in [2.75, 3.05) is 0 Å². The van der Waals surface area contributed by atoms with Crippen LogP contribution in [0.5, 0.6) is 0 Å². The van der Waals surface area contributed by atoms with E-state index in [2.05, 4.69) is 30.2 Å². The normalized spacial score (nSPS) is 9.78. The second-order valence-electron chi connectivity index (χ2n) is 2.57. The van der Waals surface area contributed by atoms with Crippen molar-refractivity contribution in [2.24, 2.45) is 0 Å². The van der Waals surface area contributed by atoms with Crippen molar-refractivity contribution in [3.63, 3.8) is 0 Å². The summed E-state index contributed by atoms with van der Waals surface area (Å²) in [6.45, 7) is 5.94. The molecule has 0 radical (unpaired) electrons. The van der Waals surface area contributed by atoms with Crippen LogP contribution in [0.15, 0.2) is 0 Å². The fraction of sp³-hybridized carbons (Fsp3) is 0.800. The van der Waals surface area contributed by atoms with Gasteiger partial charge < -0.3 is 5.32 Å². The van der Waals surface area contributed by atoms with Crippen molar-refractivity contribution < 1.29 is 18.9 Å². The molecule has 1 nitrogen and oxygen atoms in total. The van der Waals surface area contributed by atoms with Crippen molar-refractivity contribution in [2.45, 2.75) is 26.3 Å². The monoisotopic (exact) mass is 155 g/mol. The van der Waals surface area contributed by atoms with Gasteiger partial charge >= 0.3 is 18.9 Å². The van der Waals surface area contributed by atoms with Gasteiger partial charge in [-0.25, -0.2) is 0 Å². The Kier molecular flexibility index (Phi) is 6.42. The van der Waals surface area contributed by atoms with Gasteiger partial charge in [0.05, 0.1) is 0 Å². The Morgan fingerprint density at radius 2 is 1.78 bits per heavy atom. The van der Waals surface area contributed by atoms with Crippen LogP contribution in [0.4, 0.5) is 0 Å². The molecular weight excluding hydrogens is 145 g/mol. The molecule has 0 aromatic heterocycles. The molecule has 9 heavy (non-hydrogen) atoms. The van der Waals surface area contributed by atoms with Gasteiger partial charge in [-0.15, -0.1) is 5.54 Å². The van der Waals surface area contributed by atoms with Gasteiger partial charge in [0, 0.05) is 0 Å². The summed E-state index contributed by atoms with van der Waals surface area (Å²) in [5.74, 6) is 0. The first-order valence-corrected chi connectivity index (χ1v) is 3.23. The Hall–Kier alpha value is 0.837. The first-order valence-electron chi connectivity index (χ1n) is 2.37. The largest absolute Gasteiger partial charge is 1.00 e. The molecule has 0 rings (SSSR count). The van der Waals surface area contributed by atoms with Gasteiger partial charge in [-0.1, -0.05) is 33.0 Å². The van der Waals surface area contributed by atoms with Crippen molar-refractivity contribution in [3.05, 3.63) is 5.32 Å². The third kappa shape index (κ3) is 12.1. The molecule has 0 aromatic rings. The number of hydrogen-bond donors (Lipinski definition) is 1. The summed E-state index contributed by atoms with van der Waals surface area (Å²) in [4.78, 5) is 0. The van der Waals surface area contributed by atoms with Gasteiger partial charge in [0.1, 0.15) is 0 Å². The minimum absolute atomic E-state index is 0. The zero-order valence-corrected chi connectivity index (χ0v) is 8.01. The van der Waals surface area contributed by atoms with Crippen molar-refractivity contribution in [1.82, 2.24) is 0 Å².